The van der Waals surface area contributed by atoms with Crippen molar-refractivity contribution in [2.45, 2.75) is 20.3 Å². The molecule has 0 fully saturated rings. The lowest BCUT2D eigenvalue weighted by atomic mass is 9.99. The van der Waals surface area contributed by atoms with Gasteiger partial charge in [-0.3, -0.25) is 0 Å². The number of hydrogen-bond acceptors (Lipinski definition) is 4. The number of allylic oxidation sites excluding steroid dienone is 1. The summed E-state index contributed by atoms with van der Waals surface area (Å²) in [5.41, 5.74) is 1.44. The van der Waals surface area contributed by atoms with E-state index in [0.717, 1.165) is 5.56 Å². The fraction of sp³-hybridized carbons (Fsp3) is 0.0714. The smallest absolute Gasteiger partial charge is 0.196 e. The highest BCUT2D eigenvalue weighted by Crippen LogP contribution is 2.37. The van der Waals surface area contributed by atoms with Gasteiger partial charge in [-0.15, -0.1) is 0 Å². The fourth-order valence-electron chi connectivity index (χ4n) is 3.85. The van der Waals surface area contributed by atoms with E-state index in [-0.39, 0.29) is 9.79 Å². The zero-order chi connectivity index (χ0) is 24.0. The molecule has 0 aliphatic carbocycles. The van der Waals surface area contributed by atoms with Crippen LogP contribution >= 0.6 is 0 Å². The van der Waals surface area contributed by atoms with Crippen LogP contribution in [0.4, 0.5) is 0 Å². The van der Waals surface area contributed by atoms with Crippen molar-refractivity contribution in [3.63, 3.8) is 0 Å². The van der Waals surface area contributed by atoms with Gasteiger partial charge in [0.05, 0.1) is 9.79 Å². The average molecular weight is 489 g/mol. The molecule has 4 aromatic rings. The van der Waals surface area contributed by atoms with Gasteiger partial charge in [-0.25, -0.2) is 16.8 Å². The predicted octanol–water partition coefficient (Wildman–Crippen LogP) is 5.76. The minimum absolute atomic E-state index is 0.0338. The van der Waals surface area contributed by atoms with Crippen molar-refractivity contribution < 1.29 is 16.8 Å². The maximum absolute atomic E-state index is 14.0. The van der Waals surface area contributed by atoms with Crippen LogP contribution in [0.5, 0.6) is 0 Å². The summed E-state index contributed by atoms with van der Waals surface area (Å²) in [4.78, 5) is -0.0675. The second kappa shape index (κ2) is 10.2. The lowest BCUT2D eigenvalue weighted by molar-refractivity contribution is 0.568. The summed E-state index contributed by atoms with van der Waals surface area (Å²) >= 11 is 0. The largest absolute Gasteiger partial charge is 0.222 e. The standard InChI is InChI=1S/C28H24O4S2/c29-33(30,25-17-9-3-10-18-25)28(34(31,32)26-19-11-4-12-20-26)27(24-15-7-2-8-16-24)22-21-23-13-5-1-6-14-23/h1-22,27-28H/b22-21+/t27-/m0/s1. The molecular weight excluding hydrogens is 464 g/mol. The quantitative estimate of drug-likeness (QED) is 0.316. The number of hydrogen-bond donors (Lipinski definition) is 0. The Morgan fingerprint density at radius 3 is 1.32 bits per heavy atom. The Labute approximate surface area is 201 Å². The molecule has 6 heteroatoms. The first-order valence-corrected chi connectivity index (χ1v) is 13.9. The first-order valence-electron chi connectivity index (χ1n) is 10.8. The van der Waals surface area contributed by atoms with E-state index >= 15 is 0 Å². The van der Waals surface area contributed by atoms with Gasteiger partial charge in [0.2, 0.25) is 0 Å². The minimum atomic E-state index is -4.30. The van der Waals surface area contributed by atoms with Crippen molar-refractivity contribution in [2.75, 3.05) is 0 Å². The Balaban J connectivity index is 1.96. The molecule has 0 aliphatic heterocycles. The van der Waals surface area contributed by atoms with Crippen molar-refractivity contribution in [3.8, 4) is 0 Å². The van der Waals surface area contributed by atoms with Crippen molar-refractivity contribution in [2.24, 2.45) is 0 Å². The molecule has 1 atom stereocenters. The van der Waals surface area contributed by atoms with Gasteiger partial charge in [0, 0.05) is 5.92 Å². The molecule has 0 bridgehead atoms. The van der Waals surface area contributed by atoms with Gasteiger partial charge in [0.1, 0.15) is 0 Å². The van der Waals surface area contributed by atoms with Crippen molar-refractivity contribution in [3.05, 3.63) is 139 Å². The van der Waals surface area contributed by atoms with E-state index in [9.17, 15) is 16.8 Å². The normalized spacial score (nSPS) is 13.2. The van der Waals surface area contributed by atoms with Crippen molar-refractivity contribution in [1.82, 2.24) is 0 Å². The van der Waals surface area contributed by atoms with Gasteiger partial charge in [-0.1, -0.05) is 109 Å². The van der Waals surface area contributed by atoms with Crippen LogP contribution in [0.1, 0.15) is 17.0 Å². The molecule has 0 amide bonds. The molecule has 0 saturated heterocycles. The van der Waals surface area contributed by atoms with Crippen LogP contribution in [0.15, 0.2) is 137 Å². The van der Waals surface area contributed by atoms with Gasteiger partial charge < -0.3 is 0 Å². The molecule has 4 nitrogen and oxygen atoms in total. The molecule has 0 spiro atoms. The fourth-order valence-corrected chi connectivity index (χ4v) is 8.73. The second-order valence-electron chi connectivity index (χ2n) is 7.79. The van der Waals surface area contributed by atoms with Gasteiger partial charge >= 0.3 is 0 Å². The van der Waals surface area contributed by atoms with Crippen LogP contribution in [0.2, 0.25) is 0 Å². The van der Waals surface area contributed by atoms with Gasteiger partial charge in [0.25, 0.3) is 0 Å². The van der Waals surface area contributed by atoms with Crippen LogP contribution in [-0.2, 0) is 19.7 Å². The third-order valence-corrected chi connectivity index (χ3v) is 10.7. The van der Waals surface area contributed by atoms with E-state index in [1.807, 2.05) is 36.4 Å². The summed E-state index contributed by atoms with van der Waals surface area (Å²) < 4.78 is 54.1. The Morgan fingerprint density at radius 2 is 0.882 bits per heavy atom. The molecule has 34 heavy (non-hydrogen) atoms. The predicted molar refractivity (Wildman–Crippen MR) is 136 cm³/mol. The molecule has 0 saturated carbocycles. The van der Waals surface area contributed by atoms with E-state index in [1.165, 1.54) is 24.3 Å². The number of benzene rings is 4. The summed E-state index contributed by atoms with van der Waals surface area (Å²) in [5.74, 6) is -0.947. The lowest BCUT2D eigenvalue weighted by Crippen LogP contribution is -2.36. The molecule has 172 valence electrons. The van der Waals surface area contributed by atoms with Crippen molar-refractivity contribution >= 4 is 25.8 Å². The zero-order valence-corrected chi connectivity index (χ0v) is 19.9. The third-order valence-electron chi connectivity index (χ3n) is 5.53. The maximum atomic E-state index is 14.0. The zero-order valence-electron chi connectivity index (χ0n) is 18.3. The molecule has 0 radical (unpaired) electrons. The van der Waals surface area contributed by atoms with E-state index in [4.69, 9.17) is 0 Å². The Hall–Kier alpha value is -3.48. The van der Waals surface area contributed by atoms with Crippen LogP contribution in [-0.4, -0.2) is 21.4 Å². The molecule has 0 unspecified atom stereocenters. The summed E-state index contributed by atoms with van der Waals surface area (Å²) in [7, 11) is -8.60. The topological polar surface area (TPSA) is 68.3 Å². The summed E-state index contributed by atoms with van der Waals surface area (Å²) in [6.07, 6.45) is 3.45. The minimum Gasteiger partial charge on any atom is -0.222 e. The van der Waals surface area contributed by atoms with E-state index in [1.54, 1.807) is 72.8 Å². The molecule has 0 aliphatic rings. The second-order valence-corrected chi connectivity index (χ2v) is 12.2. The molecule has 4 rings (SSSR count). The van der Waals surface area contributed by atoms with Crippen molar-refractivity contribution in [1.29, 1.82) is 0 Å². The van der Waals surface area contributed by atoms with Gasteiger partial charge in [-0.05, 0) is 35.4 Å². The highest BCUT2D eigenvalue weighted by molar-refractivity contribution is 8.09. The van der Waals surface area contributed by atoms with Crippen LogP contribution < -0.4 is 0 Å². The molecule has 0 N–H and O–H groups in total. The molecule has 0 heterocycles. The maximum Gasteiger partial charge on any atom is 0.196 e. The molecule has 4 aromatic carbocycles. The van der Waals surface area contributed by atoms with E-state index in [0.29, 0.717) is 5.56 Å². The molecular formula is C28H24O4S2. The lowest BCUT2D eigenvalue weighted by Gasteiger charge is -2.26. The molecule has 0 aromatic heterocycles. The number of rotatable bonds is 8. The highest BCUT2D eigenvalue weighted by Gasteiger charge is 2.45. The Bertz CT molecular complexity index is 1380. The van der Waals surface area contributed by atoms with E-state index in [2.05, 4.69) is 0 Å². The highest BCUT2D eigenvalue weighted by atomic mass is 32.3. The Morgan fingerprint density at radius 1 is 0.500 bits per heavy atom. The van der Waals surface area contributed by atoms with Crippen LogP contribution in [0.25, 0.3) is 6.08 Å². The summed E-state index contributed by atoms with van der Waals surface area (Å²) in [6.45, 7) is 0. The first kappa shape index (κ1) is 23.7. The monoisotopic (exact) mass is 488 g/mol. The summed E-state index contributed by atoms with van der Waals surface area (Å²) in [6, 6.07) is 33.8. The van der Waals surface area contributed by atoms with Crippen LogP contribution in [0, 0.1) is 0 Å². The van der Waals surface area contributed by atoms with Gasteiger partial charge in [0.15, 0.2) is 24.3 Å². The van der Waals surface area contributed by atoms with Crippen LogP contribution in [0.3, 0.4) is 0 Å². The first-order chi connectivity index (χ1) is 16.4. The summed E-state index contributed by atoms with van der Waals surface area (Å²) in [5, 5.41) is 0. The van der Waals surface area contributed by atoms with Gasteiger partial charge in [-0.2, -0.15) is 0 Å². The average Bonchev–Trinajstić information content (AvgIpc) is 2.88. The number of sulfone groups is 2. The SMILES string of the molecule is O=S(=O)(c1ccccc1)C([C@@H](/C=C/c1ccccc1)c1ccccc1)S(=O)(=O)c1ccccc1. The third kappa shape index (κ3) is 5.03. The Kier molecular flexibility index (Phi) is 7.10. The van der Waals surface area contributed by atoms with E-state index < -0.39 is 30.2 Å².